The summed E-state index contributed by atoms with van der Waals surface area (Å²) in [6.07, 6.45) is 1.64. The number of furan rings is 1. The number of carbonyl (C=O) groups excluding carboxylic acids is 1. The highest BCUT2D eigenvalue weighted by Crippen LogP contribution is 2.22. The van der Waals surface area contributed by atoms with Crippen molar-refractivity contribution < 1.29 is 13.9 Å². The predicted octanol–water partition coefficient (Wildman–Crippen LogP) is 5.01. The minimum Gasteiger partial charge on any atom is -0.484 e. The largest absolute Gasteiger partial charge is 0.484 e. The molecule has 0 saturated carbocycles. The fourth-order valence-electron chi connectivity index (χ4n) is 2.33. The van der Waals surface area contributed by atoms with Gasteiger partial charge in [0.25, 0.3) is 5.91 Å². The highest BCUT2D eigenvalue weighted by molar-refractivity contribution is 9.10. The average Bonchev–Trinajstić information content (AvgIpc) is 3.06. The Balaban J connectivity index is 1.74. The number of aromatic nitrogens is 1. The molecule has 2 aromatic heterocycles. The summed E-state index contributed by atoms with van der Waals surface area (Å²) >= 11 is 9.28. The summed E-state index contributed by atoms with van der Waals surface area (Å²) in [5.74, 6) is 1.52. The number of nitrogens with zero attached hydrogens (tertiary/aromatic N) is 2. The van der Waals surface area contributed by atoms with Crippen molar-refractivity contribution in [2.24, 2.45) is 0 Å². The first-order valence-electron chi connectivity index (χ1n) is 7.87. The van der Waals surface area contributed by atoms with Gasteiger partial charge in [-0.1, -0.05) is 17.7 Å². The monoisotopic (exact) mass is 434 g/mol. The van der Waals surface area contributed by atoms with Crippen LogP contribution in [-0.2, 0) is 11.3 Å². The molecule has 0 unspecified atom stereocenters. The van der Waals surface area contributed by atoms with Gasteiger partial charge < -0.3 is 9.15 Å². The molecule has 7 heteroatoms. The Kier molecular flexibility index (Phi) is 5.96. The van der Waals surface area contributed by atoms with Gasteiger partial charge in [-0.3, -0.25) is 9.69 Å². The number of rotatable bonds is 6. The number of halogens is 2. The molecule has 0 aliphatic heterocycles. The highest BCUT2D eigenvalue weighted by Gasteiger charge is 2.19. The summed E-state index contributed by atoms with van der Waals surface area (Å²) in [6.45, 7) is 2.01. The number of amides is 1. The zero-order valence-corrected chi connectivity index (χ0v) is 16.3. The Labute approximate surface area is 164 Å². The van der Waals surface area contributed by atoms with E-state index in [1.807, 2.05) is 13.0 Å². The van der Waals surface area contributed by atoms with E-state index in [0.717, 1.165) is 5.56 Å². The second-order valence-corrected chi connectivity index (χ2v) is 6.76. The molecule has 0 saturated heterocycles. The van der Waals surface area contributed by atoms with Crippen molar-refractivity contribution in [3.63, 3.8) is 0 Å². The van der Waals surface area contributed by atoms with Gasteiger partial charge >= 0.3 is 0 Å². The number of benzene rings is 1. The van der Waals surface area contributed by atoms with Gasteiger partial charge in [-0.25, -0.2) is 4.98 Å². The smallest absolute Gasteiger partial charge is 0.266 e. The number of ether oxygens (including phenoxy) is 1. The molecule has 0 spiro atoms. The first kappa shape index (κ1) is 18.5. The number of pyridine rings is 1. The van der Waals surface area contributed by atoms with Gasteiger partial charge in [0.2, 0.25) is 0 Å². The second-order valence-electron chi connectivity index (χ2n) is 5.57. The van der Waals surface area contributed by atoms with Gasteiger partial charge in [0, 0.05) is 11.2 Å². The van der Waals surface area contributed by atoms with E-state index >= 15 is 0 Å². The zero-order valence-electron chi connectivity index (χ0n) is 14.0. The van der Waals surface area contributed by atoms with E-state index in [9.17, 15) is 4.79 Å². The first-order chi connectivity index (χ1) is 12.5. The van der Waals surface area contributed by atoms with Gasteiger partial charge in [-0.2, -0.15) is 0 Å². The lowest BCUT2D eigenvalue weighted by molar-refractivity contribution is -0.120. The second kappa shape index (κ2) is 8.38. The van der Waals surface area contributed by atoms with Crippen LogP contribution in [0.5, 0.6) is 5.75 Å². The fraction of sp³-hybridized carbons (Fsp3) is 0.158. The van der Waals surface area contributed by atoms with E-state index in [0.29, 0.717) is 27.0 Å². The molecular weight excluding hydrogens is 420 g/mol. The lowest BCUT2D eigenvalue weighted by Crippen LogP contribution is -2.35. The van der Waals surface area contributed by atoms with Crippen LogP contribution in [0, 0.1) is 6.92 Å². The first-order valence-corrected chi connectivity index (χ1v) is 9.04. The molecule has 26 heavy (non-hydrogen) atoms. The van der Waals surface area contributed by atoms with E-state index in [2.05, 4.69) is 20.9 Å². The third-order valence-electron chi connectivity index (χ3n) is 3.66. The lowest BCUT2D eigenvalue weighted by Gasteiger charge is -2.21. The summed E-state index contributed by atoms with van der Waals surface area (Å²) in [5, 5.41) is 0.655. The molecule has 0 N–H and O–H groups in total. The predicted molar refractivity (Wildman–Crippen MR) is 104 cm³/mol. The number of hydrogen-bond donors (Lipinski definition) is 0. The molecule has 0 aliphatic rings. The van der Waals surface area contributed by atoms with Gasteiger partial charge in [-0.15, -0.1) is 0 Å². The van der Waals surface area contributed by atoms with Crippen molar-refractivity contribution in [1.82, 2.24) is 4.98 Å². The fourth-order valence-corrected chi connectivity index (χ4v) is 2.79. The standard InChI is InChI=1S/C19H16BrClN2O3/c1-13-10-14(5-7-16(13)21)25-12-19(24)23(18-4-2-3-9-22-18)11-15-6-8-17(20)26-15/h2-10H,11-12H2,1H3. The average molecular weight is 436 g/mol. The number of anilines is 1. The van der Waals surface area contributed by atoms with Crippen molar-refractivity contribution >= 4 is 39.3 Å². The van der Waals surface area contributed by atoms with Crippen LogP contribution in [0.4, 0.5) is 5.82 Å². The van der Waals surface area contributed by atoms with Crippen molar-refractivity contribution in [2.45, 2.75) is 13.5 Å². The molecule has 0 aliphatic carbocycles. The molecular formula is C19H16BrClN2O3. The number of hydrogen-bond acceptors (Lipinski definition) is 4. The number of carbonyl (C=O) groups is 1. The third kappa shape index (κ3) is 4.65. The van der Waals surface area contributed by atoms with Crippen LogP contribution in [0.1, 0.15) is 11.3 Å². The minimum atomic E-state index is -0.233. The molecule has 0 atom stereocenters. The molecule has 3 rings (SSSR count). The van der Waals surface area contributed by atoms with Crippen molar-refractivity contribution in [3.8, 4) is 5.75 Å². The molecule has 3 aromatic rings. The van der Waals surface area contributed by atoms with Gasteiger partial charge in [-0.05, 0) is 70.9 Å². The maximum Gasteiger partial charge on any atom is 0.266 e. The van der Waals surface area contributed by atoms with Crippen LogP contribution < -0.4 is 9.64 Å². The normalized spacial score (nSPS) is 10.6. The maximum atomic E-state index is 12.8. The minimum absolute atomic E-state index is 0.125. The summed E-state index contributed by atoms with van der Waals surface area (Å²) in [6, 6.07) is 14.2. The topological polar surface area (TPSA) is 55.6 Å². The van der Waals surface area contributed by atoms with E-state index in [4.69, 9.17) is 20.8 Å². The summed E-state index contributed by atoms with van der Waals surface area (Å²) < 4.78 is 11.8. The SMILES string of the molecule is Cc1cc(OCC(=O)N(Cc2ccc(Br)o2)c2ccccn2)ccc1Cl. The molecule has 2 heterocycles. The summed E-state index contributed by atoms with van der Waals surface area (Å²) in [7, 11) is 0. The van der Waals surface area contributed by atoms with Crippen LogP contribution in [-0.4, -0.2) is 17.5 Å². The molecule has 0 bridgehead atoms. The molecule has 0 fully saturated rings. The quantitative estimate of drug-likeness (QED) is 0.546. The van der Waals surface area contributed by atoms with Crippen LogP contribution in [0.25, 0.3) is 0 Å². The summed E-state index contributed by atoms with van der Waals surface area (Å²) in [5.41, 5.74) is 0.888. The van der Waals surface area contributed by atoms with Crippen molar-refractivity contribution in [2.75, 3.05) is 11.5 Å². The van der Waals surface area contributed by atoms with Crippen LogP contribution in [0.2, 0.25) is 5.02 Å². The van der Waals surface area contributed by atoms with E-state index in [1.165, 1.54) is 4.90 Å². The highest BCUT2D eigenvalue weighted by atomic mass is 79.9. The molecule has 5 nitrogen and oxygen atoms in total. The lowest BCUT2D eigenvalue weighted by atomic mass is 10.2. The van der Waals surface area contributed by atoms with E-state index in [-0.39, 0.29) is 19.1 Å². The Morgan fingerprint density at radius 1 is 1.27 bits per heavy atom. The zero-order chi connectivity index (χ0) is 18.5. The van der Waals surface area contributed by atoms with Crippen molar-refractivity contribution in [1.29, 1.82) is 0 Å². The Hall–Kier alpha value is -2.31. The van der Waals surface area contributed by atoms with Gasteiger partial charge in [0.1, 0.15) is 17.3 Å². The Morgan fingerprint density at radius 2 is 2.12 bits per heavy atom. The Morgan fingerprint density at radius 3 is 2.77 bits per heavy atom. The maximum absolute atomic E-state index is 12.8. The van der Waals surface area contributed by atoms with Gasteiger partial charge in [0.15, 0.2) is 11.3 Å². The summed E-state index contributed by atoms with van der Waals surface area (Å²) in [4.78, 5) is 18.5. The molecule has 1 amide bonds. The molecule has 1 aromatic carbocycles. The third-order valence-corrected chi connectivity index (χ3v) is 4.51. The van der Waals surface area contributed by atoms with E-state index < -0.39 is 0 Å². The van der Waals surface area contributed by atoms with Crippen molar-refractivity contribution in [3.05, 3.63) is 75.7 Å². The Bertz CT molecular complexity index is 899. The van der Waals surface area contributed by atoms with Crippen LogP contribution >= 0.6 is 27.5 Å². The molecule has 0 radical (unpaired) electrons. The molecule has 134 valence electrons. The van der Waals surface area contributed by atoms with Gasteiger partial charge in [0.05, 0.1) is 6.54 Å². The van der Waals surface area contributed by atoms with Crippen LogP contribution in [0.3, 0.4) is 0 Å². The van der Waals surface area contributed by atoms with Crippen LogP contribution in [0.15, 0.2) is 63.8 Å². The number of aryl methyl sites for hydroxylation is 1. The van der Waals surface area contributed by atoms with E-state index in [1.54, 1.807) is 48.7 Å².